The summed E-state index contributed by atoms with van der Waals surface area (Å²) in [6.07, 6.45) is 16.1. The van der Waals surface area contributed by atoms with E-state index in [1.807, 2.05) is 7.11 Å². The summed E-state index contributed by atoms with van der Waals surface area (Å²) < 4.78 is 5.88. The number of rotatable bonds is 13. The lowest BCUT2D eigenvalue weighted by molar-refractivity contribution is -0.137. The maximum atomic E-state index is 10.5. The molecule has 5 heteroatoms. The molecule has 1 N–H and O–H groups in total. The Labute approximate surface area is 170 Å². The fourth-order valence-electron chi connectivity index (χ4n) is 4.86. The van der Waals surface area contributed by atoms with Crippen LogP contribution in [0.15, 0.2) is 12.2 Å². The molecule has 1 saturated carbocycles. The van der Waals surface area contributed by atoms with Crippen LogP contribution in [-0.2, 0) is 9.53 Å². The second-order valence-corrected chi connectivity index (χ2v) is 8.90. The minimum absolute atomic E-state index is 0.223. The topological polar surface area (TPSA) is 49.8 Å². The van der Waals surface area contributed by atoms with Crippen molar-refractivity contribution in [3.8, 4) is 0 Å². The van der Waals surface area contributed by atoms with E-state index < -0.39 is 5.97 Å². The Morgan fingerprint density at radius 3 is 2.74 bits per heavy atom. The van der Waals surface area contributed by atoms with E-state index in [0.29, 0.717) is 24.0 Å². The molecular formula is C22H38ClNO3. The van der Waals surface area contributed by atoms with Crippen LogP contribution in [0.3, 0.4) is 0 Å². The average Bonchev–Trinajstić information content (AvgIpc) is 2.95. The number of unbranched alkanes of at least 4 members (excludes halogenated alkanes) is 1. The van der Waals surface area contributed by atoms with Crippen LogP contribution in [0, 0.1) is 5.41 Å². The Hall–Kier alpha value is -0.580. The van der Waals surface area contributed by atoms with Gasteiger partial charge in [0, 0.05) is 19.6 Å². The van der Waals surface area contributed by atoms with Gasteiger partial charge in [-0.25, -0.2) is 0 Å². The Balaban J connectivity index is 1.72. The lowest BCUT2D eigenvalue weighted by Crippen LogP contribution is -2.42. The summed E-state index contributed by atoms with van der Waals surface area (Å²) in [5.41, 5.74) is 0.437. The Bertz CT molecular complexity index is 473. The predicted octanol–water partition coefficient (Wildman–Crippen LogP) is 5.24. The van der Waals surface area contributed by atoms with Crippen LogP contribution in [0.2, 0.25) is 0 Å². The van der Waals surface area contributed by atoms with E-state index in [1.54, 1.807) is 0 Å². The number of carbonyl (C=O) groups is 1. The number of aliphatic carboxylic acids is 1. The molecule has 27 heavy (non-hydrogen) atoms. The van der Waals surface area contributed by atoms with Gasteiger partial charge in [0.1, 0.15) is 0 Å². The van der Waals surface area contributed by atoms with Gasteiger partial charge in [-0.15, -0.1) is 11.6 Å². The van der Waals surface area contributed by atoms with Gasteiger partial charge in [-0.2, -0.15) is 0 Å². The van der Waals surface area contributed by atoms with Crippen molar-refractivity contribution in [1.82, 2.24) is 4.90 Å². The molecule has 2 aliphatic rings. The van der Waals surface area contributed by atoms with E-state index in [9.17, 15) is 4.79 Å². The van der Waals surface area contributed by atoms with Gasteiger partial charge in [0.25, 0.3) is 0 Å². The van der Waals surface area contributed by atoms with Gasteiger partial charge >= 0.3 is 5.97 Å². The average molecular weight is 400 g/mol. The molecule has 1 aliphatic carbocycles. The maximum Gasteiger partial charge on any atom is 0.303 e. The van der Waals surface area contributed by atoms with Gasteiger partial charge < -0.3 is 9.84 Å². The summed E-state index contributed by atoms with van der Waals surface area (Å²) >= 11 is 6.57. The number of hydrogen-bond donors (Lipinski definition) is 1. The molecule has 2 fully saturated rings. The quantitative estimate of drug-likeness (QED) is 0.261. The lowest BCUT2D eigenvalue weighted by atomic mass is 9.62. The molecule has 3 atom stereocenters. The van der Waals surface area contributed by atoms with Crippen molar-refractivity contribution in [3.05, 3.63) is 12.2 Å². The van der Waals surface area contributed by atoms with E-state index in [-0.39, 0.29) is 11.8 Å². The summed E-state index contributed by atoms with van der Waals surface area (Å²) in [5, 5.41) is 8.90. The molecule has 0 unspecified atom stereocenters. The zero-order chi connectivity index (χ0) is 19.7. The van der Waals surface area contributed by atoms with Gasteiger partial charge in [-0.1, -0.05) is 25.5 Å². The van der Waals surface area contributed by atoms with Crippen molar-refractivity contribution >= 4 is 17.6 Å². The van der Waals surface area contributed by atoms with E-state index in [1.165, 1.54) is 32.1 Å². The van der Waals surface area contributed by atoms with Gasteiger partial charge in [0.2, 0.25) is 0 Å². The summed E-state index contributed by atoms with van der Waals surface area (Å²) in [7, 11) is 1.88. The Morgan fingerprint density at radius 1 is 1.37 bits per heavy atom. The normalized spacial score (nSPS) is 26.3. The van der Waals surface area contributed by atoms with Crippen LogP contribution < -0.4 is 0 Å². The summed E-state index contributed by atoms with van der Waals surface area (Å²) in [6.45, 7) is 4.49. The third kappa shape index (κ3) is 6.47. The van der Waals surface area contributed by atoms with Gasteiger partial charge in [-0.3, -0.25) is 9.69 Å². The first kappa shape index (κ1) is 22.7. The predicted molar refractivity (Wildman–Crippen MR) is 111 cm³/mol. The zero-order valence-corrected chi connectivity index (χ0v) is 17.9. The second kappa shape index (κ2) is 11.4. The summed E-state index contributed by atoms with van der Waals surface area (Å²) in [5.74, 6) is -0.715. The van der Waals surface area contributed by atoms with Crippen molar-refractivity contribution in [2.75, 3.05) is 20.2 Å². The Morgan fingerprint density at radius 2 is 2.15 bits per heavy atom. The molecule has 0 radical (unpaired) electrons. The van der Waals surface area contributed by atoms with Crippen LogP contribution >= 0.6 is 11.6 Å². The monoisotopic (exact) mass is 399 g/mol. The molecular weight excluding hydrogens is 362 g/mol. The van der Waals surface area contributed by atoms with Crippen LogP contribution in [0.1, 0.15) is 77.6 Å². The smallest absolute Gasteiger partial charge is 0.303 e. The maximum absolute atomic E-state index is 10.5. The number of allylic oxidation sites excluding steroid dienone is 1. The zero-order valence-electron chi connectivity index (χ0n) is 17.2. The fraction of sp³-hybridized carbons (Fsp3) is 0.864. The molecule has 1 aliphatic heterocycles. The minimum Gasteiger partial charge on any atom is -0.481 e. The van der Waals surface area contributed by atoms with Crippen molar-refractivity contribution in [2.45, 2.75) is 95.1 Å². The molecule has 0 spiro atoms. The van der Waals surface area contributed by atoms with Crippen LogP contribution in [0.25, 0.3) is 0 Å². The van der Waals surface area contributed by atoms with Gasteiger partial charge in [0.15, 0.2) is 0 Å². The van der Waals surface area contributed by atoms with E-state index in [2.05, 4.69) is 24.0 Å². The molecule has 1 heterocycles. The number of halogens is 1. The first-order valence-electron chi connectivity index (χ1n) is 10.8. The highest BCUT2D eigenvalue weighted by molar-refractivity contribution is 6.21. The van der Waals surface area contributed by atoms with Crippen LogP contribution in [-0.4, -0.2) is 53.7 Å². The largest absolute Gasteiger partial charge is 0.481 e. The highest BCUT2D eigenvalue weighted by atomic mass is 35.5. The SMILES string of the molecule is CCC1([C@H](CCCN2CC[C@@H](Cl)[C@@H]2C/C=C\CCCC(=O)O)OC)CCC1. The lowest BCUT2D eigenvalue weighted by Gasteiger charge is -2.47. The van der Waals surface area contributed by atoms with E-state index in [4.69, 9.17) is 21.4 Å². The summed E-state index contributed by atoms with van der Waals surface area (Å²) in [6, 6.07) is 0.409. The van der Waals surface area contributed by atoms with Crippen molar-refractivity contribution in [1.29, 1.82) is 0 Å². The third-order valence-corrected chi connectivity index (χ3v) is 7.33. The molecule has 0 bridgehead atoms. The second-order valence-electron chi connectivity index (χ2n) is 8.34. The number of hydrogen-bond acceptors (Lipinski definition) is 3. The number of likely N-dealkylation sites (tertiary alicyclic amines) is 1. The minimum atomic E-state index is -0.715. The molecule has 0 aromatic rings. The Kier molecular flexibility index (Phi) is 9.61. The number of methoxy groups -OCH3 is 1. The van der Waals surface area contributed by atoms with Crippen molar-refractivity contribution < 1.29 is 14.6 Å². The summed E-state index contributed by atoms with van der Waals surface area (Å²) in [4.78, 5) is 13.1. The van der Waals surface area contributed by atoms with Crippen LogP contribution in [0.5, 0.6) is 0 Å². The van der Waals surface area contributed by atoms with Gasteiger partial charge in [0.05, 0.1) is 11.5 Å². The molecule has 1 saturated heterocycles. The number of nitrogens with zero attached hydrogens (tertiary/aromatic N) is 1. The molecule has 156 valence electrons. The van der Waals surface area contributed by atoms with Crippen molar-refractivity contribution in [3.63, 3.8) is 0 Å². The first-order valence-corrected chi connectivity index (χ1v) is 11.2. The highest BCUT2D eigenvalue weighted by Crippen LogP contribution is 2.49. The third-order valence-electron chi connectivity index (χ3n) is 6.82. The van der Waals surface area contributed by atoms with Gasteiger partial charge in [-0.05, 0) is 76.3 Å². The highest BCUT2D eigenvalue weighted by Gasteiger charge is 2.42. The number of carboxylic acids is 1. The standard InChI is InChI=1S/C22H38ClNO3/c1-3-22(14-9-15-22)20(27-2)11-8-16-24-17-13-18(23)19(24)10-6-4-5-7-12-21(25)26/h4,6,18-20H,3,5,7-17H2,1-2H3,(H,25,26)/b6-4-/t18-,19+,20+/m1/s1. The first-order chi connectivity index (χ1) is 13.0. The number of alkyl halides is 1. The van der Waals surface area contributed by atoms with Crippen molar-refractivity contribution in [2.24, 2.45) is 5.41 Å². The molecule has 0 aromatic carbocycles. The number of ether oxygens (including phenoxy) is 1. The fourth-order valence-corrected chi connectivity index (χ4v) is 5.22. The molecule has 0 aromatic heterocycles. The molecule has 2 rings (SSSR count). The van der Waals surface area contributed by atoms with Crippen LogP contribution in [0.4, 0.5) is 0 Å². The van der Waals surface area contributed by atoms with E-state index >= 15 is 0 Å². The number of carboxylic acid groups (broad SMARTS) is 1. The molecule has 4 nitrogen and oxygen atoms in total. The van der Waals surface area contributed by atoms with E-state index in [0.717, 1.165) is 38.8 Å². The molecule has 0 amide bonds.